The van der Waals surface area contributed by atoms with Crippen molar-refractivity contribution in [2.45, 2.75) is 71.2 Å². The van der Waals surface area contributed by atoms with Crippen molar-refractivity contribution in [2.75, 3.05) is 6.61 Å². The number of hydrogen-bond acceptors (Lipinski definition) is 2. The van der Waals surface area contributed by atoms with E-state index >= 15 is 0 Å². The summed E-state index contributed by atoms with van der Waals surface area (Å²) < 4.78 is 6.53. The molecule has 0 aliphatic carbocycles. The smallest absolute Gasteiger partial charge is 0.194 e. The summed E-state index contributed by atoms with van der Waals surface area (Å²) in [5.41, 5.74) is -0.336. The first-order chi connectivity index (χ1) is 8.07. The fourth-order valence-electron chi connectivity index (χ4n) is 2.18. The number of aliphatic hydroxyl groups excluding tert-OH is 1. The van der Waals surface area contributed by atoms with Crippen LogP contribution in [0.1, 0.15) is 47.5 Å². The van der Waals surface area contributed by atoms with E-state index in [1.54, 1.807) is 0 Å². The second-order valence-corrected chi connectivity index (χ2v) is 9.20. The molecule has 0 fully saturated rings. The largest absolute Gasteiger partial charge is 0.401 e. The molecule has 0 saturated heterocycles. The lowest BCUT2D eigenvalue weighted by molar-refractivity contribution is 0.107. The van der Waals surface area contributed by atoms with Gasteiger partial charge in [0.25, 0.3) is 0 Å². The van der Waals surface area contributed by atoms with Gasteiger partial charge in [-0.2, -0.15) is 0 Å². The summed E-state index contributed by atoms with van der Waals surface area (Å²) >= 11 is 0. The van der Waals surface area contributed by atoms with Gasteiger partial charge in [0.2, 0.25) is 0 Å². The van der Waals surface area contributed by atoms with Crippen LogP contribution < -0.4 is 0 Å². The van der Waals surface area contributed by atoms with Gasteiger partial charge in [-0.05, 0) is 31.0 Å². The first kappa shape index (κ1) is 16.7. The van der Waals surface area contributed by atoms with Gasteiger partial charge in [-0.3, -0.25) is 0 Å². The lowest BCUT2D eigenvalue weighted by Crippen LogP contribution is -2.46. The van der Waals surface area contributed by atoms with Crippen LogP contribution in [0, 0.1) is 11.8 Å². The van der Waals surface area contributed by atoms with Gasteiger partial charge in [0, 0.05) is 0 Å². The summed E-state index contributed by atoms with van der Waals surface area (Å²) in [4.78, 5) is 0. The summed E-state index contributed by atoms with van der Waals surface area (Å²) in [7, 11) is -1.63. The third kappa shape index (κ3) is 4.46. The van der Waals surface area contributed by atoms with E-state index in [2.05, 4.69) is 46.5 Å². The Labute approximate surface area is 108 Å². The summed E-state index contributed by atoms with van der Waals surface area (Å²) in [6, 6.07) is 3.42. The van der Waals surface area contributed by atoms with Crippen molar-refractivity contribution in [1.82, 2.24) is 0 Å². The molecule has 0 radical (unpaired) electrons. The third-order valence-electron chi connectivity index (χ3n) is 3.88. The zero-order chi connectivity index (χ0) is 13.4. The molecular weight excluding hydrogens is 228 g/mol. The molecule has 0 aliphatic rings. The van der Waals surface area contributed by atoms with E-state index in [9.17, 15) is 0 Å². The maximum absolute atomic E-state index is 8.87. The Kier molecular flexibility index (Phi) is 7.77. The van der Waals surface area contributed by atoms with Crippen LogP contribution in [0.4, 0.5) is 0 Å². The first-order valence-electron chi connectivity index (χ1n) is 6.88. The highest BCUT2D eigenvalue weighted by Crippen LogP contribution is 2.31. The van der Waals surface area contributed by atoms with Gasteiger partial charge >= 0.3 is 0 Å². The molecule has 0 atom stereocenters. The second-order valence-electron chi connectivity index (χ2n) is 4.51. The van der Waals surface area contributed by atoms with Crippen molar-refractivity contribution in [3.8, 4) is 11.8 Å². The fourth-order valence-corrected chi connectivity index (χ4v) is 5.28. The van der Waals surface area contributed by atoms with Crippen LogP contribution in [0.3, 0.4) is 0 Å². The zero-order valence-corrected chi connectivity index (χ0v) is 13.1. The molecule has 3 heteroatoms. The maximum Gasteiger partial charge on any atom is 0.194 e. The Morgan fingerprint density at radius 1 is 1.00 bits per heavy atom. The lowest BCUT2D eigenvalue weighted by atomic mass is 9.99. The van der Waals surface area contributed by atoms with E-state index in [-0.39, 0.29) is 12.2 Å². The van der Waals surface area contributed by atoms with E-state index in [1.807, 2.05) is 0 Å². The lowest BCUT2D eigenvalue weighted by Gasteiger charge is -2.38. The van der Waals surface area contributed by atoms with Gasteiger partial charge in [-0.25, -0.2) is 0 Å². The Morgan fingerprint density at radius 2 is 1.47 bits per heavy atom. The fraction of sp³-hybridized carbons (Fsp3) is 0.857. The minimum absolute atomic E-state index is 0.0793. The normalized spacial score (nSPS) is 12.1. The van der Waals surface area contributed by atoms with Crippen LogP contribution in [0.15, 0.2) is 0 Å². The Hall–Kier alpha value is -0.303. The van der Waals surface area contributed by atoms with Gasteiger partial charge in [-0.15, -0.1) is 0 Å². The van der Waals surface area contributed by atoms with Gasteiger partial charge in [-0.1, -0.05) is 46.5 Å². The molecule has 0 aromatic rings. The monoisotopic (exact) mass is 256 g/mol. The molecule has 0 saturated carbocycles. The van der Waals surface area contributed by atoms with Crippen LogP contribution in [-0.2, 0) is 4.43 Å². The number of aliphatic hydroxyl groups is 1. The van der Waals surface area contributed by atoms with Gasteiger partial charge in [0.15, 0.2) is 8.32 Å². The van der Waals surface area contributed by atoms with Crippen LogP contribution in [0.25, 0.3) is 0 Å². The molecule has 0 heterocycles. The van der Waals surface area contributed by atoms with E-state index in [0.717, 1.165) is 31.0 Å². The molecular formula is C14H28O2Si. The molecule has 0 spiro atoms. The van der Waals surface area contributed by atoms with Crippen molar-refractivity contribution < 1.29 is 9.53 Å². The highest BCUT2D eigenvalue weighted by molar-refractivity contribution is 6.73. The van der Waals surface area contributed by atoms with E-state index < -0.39 is 8.32 Å². The van der Waals surface area contributed by atoms with Crippen molar-refractivity contribution in [2.24, 2.45) is 0 Å². The summed E-state index contributed by atoms with van der Waals surface area (Å²) in [6.45, 7) is 10.9. The van der Waals surface area contributed by atoms with Crippen LogP contribution >= 0.6 is 0 Å². The molecule has 0 rings (SSSR count). The molecule has 100 valence electrons. The summed E-state index contributed by atoms with van der Waals surface area (Å²) in [5, 5.41) is 8.87. The molecule has 0 aliphatic heterocycles. The Bertz CT molecular complexity index is 249. The predicted molar refractivity (Wildman–Crippen MR) is 76.5 cm³/mol. The topological polar surface area (TPSA) is 29.5 Å². The van der Waals surface area contributed by atoms with Crippen LogP contribution in [-0.4, -0.2) is 25.6 Å². The SMILES string of the molecule is CCC(C#CCO)(CC)O[Si](CC)(CC)CC. The van der Waals surface area contributed by atoms with E-state index in [0.29, 0.717) is 0 Å². The molecule has 0 unspecified atom stereocenters. The van der Waals surface area contributed by atoms with Crippen molar-refractivity contribution >= 4 is 8.32 Å². The number of rotatable bonds is 7. The average molecular weight is 256 g/mol. The minimum atomic E-state index is -1.63. The van der Waals surface area contributed by atoms with Crippen molar-refractivity contribution in [1.29, 1.82) is 0 Å². The molecule has 2 nitrogen and oxygen atoms in total. The highest BCUT2D eigenvalue weighted by atomic mass is 28.4. The first-order valence-corrected chi connectivity index (χ1v) is 9.41. The molecule has 0 aromatic carbocycles. The van der Waals surface area contributed by atoms with E-state index in [1.165, 1.54) is 0 Å². The summed E-state index contributed by atoms with van der Waals surface area (Å²) in [6.07, 6.45) is 1.79. The average Bonchev–Trinajstić information content (AvgIpc) is 2.41. The van der Waals surface area contributed by atoms with Gasteiger partial charge in [0.1, 0.15) is 12.2 Å². The molecule has 0 aromatic heterocycles. The van der Waals surface area contributed by atoms with Crippen molar-refractivity contribution in [3.63, 3.8) is 0 Å². The van der Waals surface area contributed by atoms with Gasteiger partial charge in [0.05, 0.1) is 0 Å². The molecule has 0 bridgehead atoms. The Balaban J connectivity index is 5.08. The summed E-state index contributed by atoms with van der Waals surface area (Å²) in [5.74, 6) is 5.94. The quantitative estimate of drug-likeness (QED) is 0.557. The minimum Gasteiger partial charge on any atom is -0.401 e. The predicted octanol–water partition coefficient (Wildman–Crippen LogP) is 3.56. The standard InChI is InChI=1S/C14H28O2Si/c1-6-14(7-2,12-11-13-15)16-17(8-3,9-4)10-5/h15H,6-10,13H2,1-5H3. The van der Waals surface area contributed by atoms with Crippen molar-refractivity contribution in [3.05, 3.63) is 0 Å². The van der Waals surface area contributed by atoms with Crippen LogP contribution in [0.2, 0.25) is 18.1 Å². The Morgan fingerprint density at radius 3 is 1.76 bits per heavy atom. The third-order valence-corrected chi connectivity index (χ3v) is 8.57. The molecule has 1 N–H and O–H groups in total. The van der Waals surface area contributed by atoms with Crippen LogP contribution in [0.5, 0.6) is 0 Å². The number of hydrogen-bond donors (Lipinski definition) is 1. The zero-order valence-electron chi connectivity index (χ0n) is 12.1. The highest BCUT2D eigenvalue weighted by Gasteiger charge is 2.37. The van der Waals surface area contributed by atoms with E-state index in [4.69, 9.17) is 9.53 Å². The van der Waals surface area contributed by atoms with Gasteiger partial charge < -0.3 is 9.53 Å². The molecule has 17 heavy (non-hydrogen) atoms. The molecule has 0 amide bonds. The second kappa shape index (κ2) is 7.92. The maximum atomic E-state index is 8.87.